The van der Waals surface area contributed by atoms with Crippen LogP contribution in [0.1, 0.15) is 60.1 Å². The zero-order valence-corrected chi connectivity index (χ0v) is 24.1. The van der Waals surface area contributed by atoms with Crippen LogP contribution < -0.4 is 14.8 Å². The fraction of sp³-hybridized carbons (Fsp3) is 0.424. The van der Waals surface area contributed by atoms with Crippen molar-refractivity contribution in [2.75, 3.05) is 26.8 Å². The van der Waals surface area contributed by atoms with Crippen molar-refractivity contribution >= 4 is 5.91 Å². The van der Waals surface area contributed by atoms with E-state index >= 15 is 0 Å². The summed E-state index contributed by atoms with van der Waals surface area (Å²) in [7, 11) is 1.65. The molecule has 0 aliphatic carbocycles. The Morgan fingerprint density at radius 3 is 2.58 bits per heavy atom. The lowest BCUT2D eigenvalue weighted by Crippen LogP contribution is -2.37. The number of carbonyl (C=O) groups excluding carboxylic acids is 1. The molecule has 214 valence electrons. The van der Waals surface area contributed by atoms with E-state index < -0.39 is 0 Å². The average molecular weight is 547 g/mol. The first-order valence-electron chi connectivity index (χ1n) is 14.1. The number of fused-ring (bicyclic) bond motifs is 1. The molecule has 1 heterocycles. The lowest BCUT2D eigenvalue weighted by molar-refractivity contribution is -0.131. The van der Waals surface area contributed by atoms with Gasteiger partial charge in [-0.05, 0) is 84.7 Å². The van der Waals surface area contributed by atoms with Crippen LogP contribution in [0, 0.1) is 0 Å². The SMILES string of the molecule is CCOc1cc2c(cc1OC)CCN(C(=O)Cc1cccc(C[C@@H](C)NC[C@H](C)c3ccc(O)c(CO)c3)c1)C2. The number of rotatable bonds is 12. The van der Waals surface area contributed by atoms with Crippen LogP contribution >= 0.6 is 0 Å². The number of phenols is 1. The van der Waals surface area contributed by atoms with E-state index in [4.69, 9.17) is 9.47 Å². The van der Waals surface area contributed by atoms with Gasteiger partial charge in [0.1, 0.15) is 5.75 Å². The first-order valence-corrected chi connectivity index (χ1v) is 14.1. The molecule has 0 unspecified atom stereocenters. The second-order valence-electron chi connectivity index (χ2n) is 10.7. The molecule has 3 aromatic carbocycles. The van der Waals surface area contributed by atoms with Crippen molar-refractivity contribution in [1.82, 2.24) is 10.2 Å². The van der Waals surface area contributed by atoms with Gasteiger partial charge in [-0.25, -0.2) is 0 Å². The number of nitrogens with one attached hydrogen (secondary N) is 1. The largest absolute Gasteiger partial charge is 0.508 e. The van der Waals surface area contributed by atoms with E-state index in [2.05, 4.69) is 31.3 Å². The summed E-state index contributed by atoms with van der Waals surface area (Å²) < 4.78 is 11.2. The van der Waals surface area contributed by atoms with Crippen LogP contribution in [-0.2, 0) is 37.2 Å². The molecule has 0 spiro atoms. The maximum absolute atomic E-state index is 13.2. The van der Waals surface area contributed by atoms with E-state index in [9.17, 15) is 15.0 Å². The van der Waals surface area contributed by atoms with Crippen molar-refractivity contribution in [3.63, 3.8) is 0 Å². The number of hydrogen-bond donors (Lipinski definition) is 3. The van der Waals surface area contributed by atoms with Gasteiger partial charge in [-0.2, -0.15) is 0 Å². The molecule has 3 aromatic rings. The number of nitrogens with zero attached hydrogens (tertiary/aromatic N) is 1. The molecule has 3 N–H and O–H groups in total. The molecule has 0 radical (unpaired) electrons. The highest BCUT2D eigenvalue weighted by atomic mass is 16.5. The van der Waals surface area contributed by atoms with Gasteiger partial charge in [0.15, 0.2) is 11.5 Å². The molecule has 7 heteroatoms. The van der Waals surface area contributed by atoms with Gasteiger partial charge in [0.2, 0.25) is 5.91 Å². The van der Waals surface area contributed by atoms with Crippen molar-refractivity contribution in [3.05, 3.63) is 88.0 Å². The number of aliphatic hydroxyl groups is 1. The Morgan fingerprint density at radius 1 is 1.05 bits per heavy atom. The summed E-state index contributed by atoms with van der Waals surface area (Å²) in [4.78, 5) is 15.2. The molecule has 4 rings (SSSR count). The molecule has 0 saturated carbocycles. The third kappa shape index (κ3) is 7.34. The third-order valence-corrected chi connectivity index (χ3v) is 7.65. The van der Waals surface area contributed by atoms with Gasteiger partial charge >= 0.3 is 0 Å². The van der Waals surface area contributed by atoms with Crippen LogP contribution in [0.4, 0.5) is 0 Å². The minimum Gasteiger partial charge on any atom is -0.508 e. The Hall–Kier alpha value is -3.55. The van der Waals surface area contributed by atoms with Crippen LogP contribution in [-0.4, -0.2) is 53.9 Å². The molecule has 1 aliphatic heterocycles. The van der Waals surface area contributed by atoms with Gasteiger partial charge in [-0.1, -0.05) is 37.3 Å². The number of aliphatic hydroxyl groups excluding tert-OH is 1. The van der Waals surface area contributed by atoms with E-state index in [1.54, 1.807) is 13.2 Å². The number of aromatic hydroxyl groups is 1. The lowest BCUT2D eigenvalue weighted by Gasteiger charge is -2.30. The Labute approximate surface area is 237 Å². The quantitative estimate of drug-likeness (QED) is 0.304. The minimum absolute atomic E-state index is 0.125. The number of benzene rings is 3. The summed E-state index contributed by atoms with van der Waals surface area (Å²) in [5.41, 5.74) is 6.18. The van der Waals surface area contributed by atoms with E-state index in [1.165, 1.54) is 11.1 Å². The van der Waals surface area contributed by atoms with Gasteiger partial charge < -0.3 is 29.9 Å². The summed E-state index contributed by atoms with van der Waals surface area (Å²) in [5.74, 6) is 1.96. The summed E-state index contributed by atoms with van der Waals surface area (Å²) in [6.45, 7) is 8.69. The number of ether oxygens (including phenoxy) is 2. The van der Waals surface area contributed by atoms with Crippen LogP contribution in [0.15, 0.2) is 54.6 Å². The Bertz CT molecular complexity index is 1310. The smallest absolute Gasteiger partial charge is 0.227 e. The van der Waals surface area contributed by atoms with Gasteiger partial charge in [-0.15, -0.1) is 0 Å². The molecular weight excluding hydrogens is 504 g/mol. The van der Waals surface area contributed by atoms with E-state index in [0.717, 1.165) is 47.6 Å². The lowest BCUT2D eigenvalue weighted by atomic mass is 9.97. The highest BCUT2D eigenvalue weighted by molar-refractivity contribution is 5.79. The van der Waals surface area contributed by atoms with Gasteiger partial charge in [0, 0.05) is 31.2 Å². The predicted octanol–water partition coefficient (Wildman–Crippen LogP) is 4.74. The number of carbonyl (C=O) groups is 1. The summed E-state index contributed by atoms with van der Waals surface area (Å²) in [6.07, 6.45) is 2.03. The van der Waals surface area contributed by atoms with Crippen molar-refractivity contribution in [2.45, 2.75) is 65.1 Å². The monoisotopic (exact) mass is 546 g/mol. The Kier molecular flexibility index (Phi) is 10.1. The van der Waals surface area contributed by atoms with Gasteiger partial charge in [0.25, 0.3) is 0 Å². The first-order chi connectivity index (χ1) is 19.3. The Balaban J connectivity index is 1.31. The molecule has 1 aliphatic rings. The van der Waals surface area contributed by atoms with E-state index in [0.29, 0.717) is 31.7 Å². The van der Waals surface area contributed by atoms with Crippen LogP contribution in [0.25, 0.3) is 0 Å². The fourth-order valence-corrected chi connectivity index (χ4v) is 5.32. The van der Waals surface area contributed by atoms with Crippen LogP contribution in [0.2, 0.25) is 0 Å². The summed E-state index contributed by atoms with van der Waals surface area (Å²) >= 11 is 0. The first kappa shape index (κ1) is 29.4. The molecule has 40 heavy (non-hydrogen) atoms. The Morgan fingerprint density at radius 2 is 1.82 bits per heavy atom. The van der Waals surface area contributed by atoms with Crippen LogP contribution in [0.5, 0.6) is 17.2 Å². The molecule has 0 fully saturated rings. The van der Waals surface area contributed by atoms with Crippen molar-refractivity contribution in [1.29, 1.82) is 0 Å². The van der Waals surface area contributed by atoms with Gasteiger partial charge in [0.05, 0.1) is 26.7 Å². The minimum atomic E-state index is -0.176. The molecule has 2 atom stereocenters. The van der Waals surface area contributed by atoms with Crippen molar-refractivity contribution < 1.29 is 24.5 Å². The fourth-order valence-electron chi connectivity index (χ4n) is 5.32. The third-order valence-electron chi connectivity index (χ3n) is 7.65. The highest BCUT2D eigenvalue weighted by Crippen LogP contribution is 2.33. The van der Waals surface area contributed by atoms with Gasteiger partial charge in [-0.3, -0.25) is 4.79 Å². The highest BCUT2D eigenvalue weighted by Gasteiger charge is 2.23. The van der Waals surface area contributed by atoms with Crippen LogP contribution in [0.3, 0.4) is 0 Å². The average Bonchev–Trinajstić information content (AvgIpc) is 2.95. The molecule has 7 nitrogen and oxygen atoms in total. The maximum atomic E-state index is 13.2. The zero-order valence-electron chi connectivity index (χ0n) is 24.1. The maximum Gasteiger partial charge on any atom is 0.227 e. The van der Waals surface area contributed by atoms with Crippen molar-refractivity contribution in [2.24, 2.45) is 0 Å². The second-order valence-corrected chi connectivity index (χ2v) is 10.7. The molecule has 0 aromatic heterocycles. The molecular formula is C33H42N2O5. The predicted molar refractivity (Wildman–Crippen MR) is 157 cm³/mol. The topological polar surface area (TPSA) is 91.3 Å². The summed E-state index contributed by atoms with van der Waals surface area (Å²) in [6, 6.07) is 18.0. The normalized spacial score (nSPS) is 14.4. The molecule has 0 bridgehead atoms. The second kappa shape index (κ2) is 13.7. The van der Waals surface area contributed by atoms with Crippen molar-refractivity contribution in [3.8, 4) is 17.2 Å². The molecule has 1 amide bonds. The van der Waals surface area contributed by atoms with E-state index in [1.807, 2.05) is 48.2 Å². The standard InChI is InChI=1S/C33H42N2O5/c1-5-40-32-18-28-20-35(12-11-27(28)17-31(32)39-4)33(38)15-25-8-6-7-24(14-25)13-23(3)34-19-22(2)26-9-10-30(37)29(16-26)21-36/h6-10,14,16-18,22-23,34,36-37H,5,11-13,15,19-21H2,1-4H3/t22-,23+/m0/s1. The molecule has 0 saturated heterocycles. The number of methoxy groups -OCH3 is 1. The summed E-state index contributed by atoms with van der Waals surface area (Å²) in [5, 5.41) is 22.9. The number of amides is 1. The number of hydrogen-bond acceptors (Lipinski definition) is 6. The zero-order chi connectivity index (χ0) is 28.6. The van der Waals surface area contributed by atoms with E-state index in [-0.39, 0.29) is 30.2 Å².